The van der Waals surface area contributed by atoms with Crippen molar-refractivity contribution >= 4 is 31.5 Å². The Morgan fingerprint density at radius 3 is 2.22 bits per heavy atom. The van der Waals surface area contributed by atoms with E-state index >= 15 is 0 Å². The Hall–Kier alpha value is -0.103. The minimum absolute atomic E-state index is 0.157. The topological polar surface area (TPSA) is 49.7 Å². The van der Waals surface area contributed by atoms with Gasteiger partial charge in [-0.2, -0.15) is 0 Å². The number of hydrogen-bond donors (Lipinski definition) is 2. The Bertz CT molecular complexity index is 529. The summed E-state index contributed by atoms with van der Waals surface area (Å²) < 4.78 is 6.11. The third-order valence-electron chi connectivity index (χ3n) is 4.72. The van der Waals surface area contributed by atoms with Crippen LogP contribution in [0.25, 0.3) is 0 Å². The molecule has 2 N–H and O–H groups in total. The minimum Gasteiger partial charge on any atom is -0.417 e. The average Bonchev–Trinajstić information content (AvgIpc) is 2.45. The quantitative estimate of drug-likeness (QED) is 0.519. The van der Waals surface area contributed by atoms with Crippen molar-refractivity contribution in [3.63, 3.8) is 0 Å². The lowest BCUT2D eigenvalue weighted by atomic mass is 9.90. The van der Waals surface area contributed by atoms with E-state index in [4.69, 9.17) is 27.6 Å². The van der Waals surface area contributed by atoms with Gasteiger partial charge >= 0.3 is 0 Å². The molecule has 0 aromatic heterocycles. The second-order valence-electron chi connectivity index (χ2n) is 7.53. The number of aliphatic hydroxyl groups excluding tert-OH is 1. The predicted octanol–water partition coefficient (Wildman–Crippen LogP) is 4.98. The van der Waals surface area contributed by atoms with Crippen LogP contribution in [-0.4, -0.2) is 31.7 Å². The van der Waals surface area contributed by atoms with Gasteiger partial charge in [-0.25, -0.2) is 0 Å². The molecule has 1 aromatic rings. The van der Waals surface area contributed by atoms with Crippen LogP contribution in [-0.2, 0) is 10.0 Å². The van der Waals surface area contributed by atoms with E-state index in [-0.39, 0.29) is 11.6 Å². The Morgan fingerprint density at radius 2 is 1.74 bits per heavy atom. The Kier molecular flexibility index (Phi) is 7.15. The number of rotatable bonds is 7. The third kappa shape index (κ3) is 5.45. The van der Waals surface area contributed by atoms with E-state index in [1.165, 1.54) is 0 Å². The highest BCUT2D eigenvalue weighted by molar-refractivity contribution is 6.74. The summed E-state index contributed by atoms with van der Waals surface area (Å²) in [5.74, 6) is 0. The molecule has 0 saturated carbocycles. The first-order valence-corrected chi connectivity index (χ1v) is 11.5. The first-order chi connectivity index (χ1) is 10.4. The fourth-order valence-corrected chi connectivity index (χ4v) is 3.39. The van der Waals surface area contributed by atoms with Gasteiger partial charge in [0.2, 0.25) is 0 Å². The second-order valence-corrected chi connectivity index (χ2v) is 13.2. The van der Waals surface area contributed by atoms with Crippen LogP contribution >= 0.6 is 23.2 Å². The molecule has 1 unspecified atom stereocenters. The summed E-state index contributed by atoms with van der Waals surface area (Å²) in [5.41, 5.74) is -0.757. The number of aliphatic hydroxyl groups is 2. The van der Waals surface area contributed by atoms with Crippen molar-refractivity contribution in [1.82, 2.24) is 0 Å². The van der Waals surface area contributed by atoms with Gasteiger partial charge in [0, 0.05) is 6.61 Å². The largest absolute Gasteiger partial charge is 0.417 e. The highest BCUT2D eigenvalue weighted by Crippen LogP contribution is 2.37. The summed E-state index contributed by atoms with van der Waals surface area (Å²) >= 11 is 11.9. The molecular weight excluding hydrogens is 351 g/mol. The van der Waals surface area contributed by atoms with Gasteiger partial charge in [-0.05, 0) is 48.7 Å². The molecule has 0 fully saturated rings. The Labute approximate surface area is 150 Å². The average molecular weight is 379 g/mol. The molecule has 0 spiro atoms. The van der Waals surface area contributed by atoms with Gasteiger partial charge < -0.3 is 14.6 Å². The van der Waals surface area contributed by atoms with E-state index in [9.17, 15) is 10.2 Å². The van der Waals surface area contributed by atoms with Gasteiger partial charge in [-0.3, -0.25) is 0 Å². The summed E-state index contributed by atoms with van der Waals surface area (Å²) in [6.07, 6.45) is 1.06. The van der Waals surface area contributed by atoms with Crippen molar-refractivity contribution in [2.45, 2.75) is 57.3 Å². The maximum atomic E-state index is 10.7. The molecule has 0 amide bonds. The summed E-state index contributed by atoms with van der Waals surface area (Å²) in [4.78, 5) is 0. The summed E-state index contributed by atoms with van der Waals surface area (Å²) in [6.45, 7) is 11.2. The molecule has 0 saturated heterocycles. The fourth-order valence-electron chi connectivity index (χ4n) is 2.01. The van der Waals surface area contributed by atoms with Crippen molar-refractivity contribution in [1.29, 1.82) is 0 Å². The zero-order valence-electron chi connectivity index (χ0n) is 14.6. The highest BCUT2D eigenvalue weighted by atomic mass is 35.5. The van der Waals surface area contributed by atoms with Crippen molar-refractivity contribution in [3.8, 4) is 0 Å². The molecular formula is C17H28Cl2O3Si. The highest BCUT2D eigenvalue weighted by Gasteiger charge is 2.37. The van der Waals surface area contributed by atoms with Gasteiger partial charge in [0.1, 0.15) is 5.60 Å². The molecule has 6 heteroatoms. The maximum Gasteiger partial charge on any atom is 0.191 e. The van der Waals surface area contributed by atoms with Crippen LogP contribution in [0, 0.1) is 0 Å². The van der Waals surface area contributed by atoms with Crippen molar-refractivity contribution in [3.05, 3.63) is 33.8 Å². The molecule has 0 aliphatic rings. The zero-order chi connectivity index (χ0) is 17.9. The van der Waals surface area contributed by atoms with E-state index in [0.29, 0.717) is 35.1 Å². The first kappa shape index (κ1) is 20.9. The molecule has 1 aromatic carbocycles. The van der Waals surface area contributed by atoms with Crippen LogP contribution in [0.3, 0.4) is 0 Å². The smallest absolute Gasteiger partial charge is 0.191 e. The van der Waals surface area contributed by atoms with Crippen LogP contribution in [0.2, 0.25) is 28.2 Å². The molecule has 0 bridgehead atoms. The minimum atomic E-state index is -1.79. The number of benzene rings is 1. The van der Waals surface area contributed by atoms with E-state index in [0.717, 1.165) is 0 Å². The lowest BCUT2D eigenvalue weighted by molar-refractivity contribution is -0.0299. The molecule has 0 aliphatic carbocycles. The van der Waals surface area contributed by atoms with Gasteiger partial charge in [0.05, 0.1) is 16.7 Å². The number of halogens is 2. The standard InChI is InChI=1S/C17H28Cl2O3Si/c1-16(2,3)23(4,5)22-10-6-9-17(21,12-20)13-7-8-14(18)15(19)11-13/h7-8,11,20-21H,6,9-10,12H2,1-5H3. The van der Waals surface area contributed by atoms with Crippen LogP contribution in [0.1, 0.15) is 39.2 Å². The monoisotopic (exact) mass is 378 g/mol. The number of hydrogen-bond acceptors (Lipinski definition) is 3. The summed E-state index contributed by atoms with van der Waals surface area (Å²) in [7, 11) is -1.79. The lowest BCUT2D eigenvalue weighted by Gasteiger charge is -2.36. The summed E-state index contributed by atoms with van der Waals surface area (Å²) in [5, 5.41) is 21.3. The van der Waals surface area contributed by atoms with E-state index in [1.54, 1.807) is 18.2 Å². The van der Waals surface area contributed by atoms with Crippen molar-refractivity contribution in [2.75, 3.05) is 13.2 Å². The van der Waals surface area contributed by atoms with Crippen LogP contribution in [0.4, 0.5) is 0 Å². The fraction of sp³-hybridized carbons (Fsp3) is 0.647. The molecule has 23 heavy (non-hydrogen) atoms. The molecule has 132 valence electrons. The first-order valence-electron chi connectivity index (χ1n) is 7.86. The third-order valence-corrected chi connectivity index (χ3v) is 10.00. The van der Waals surface area contributed by atoms with Gasteiger partial charge in [0.25, 0.3) is 0 Å². The molecule has 1 atom stereocenters. The molecule has 3 nitrogen and oxygen atoms in total. The maximum absolute atomic E-state index is 10.7. The molecule has 0 radical (unpaired) electrons. The van der Waals surface area contributed by atoms with E-state index in [2.05, 4.69) is 33.9 Å². The van der Waals surface area contributed by atoms with E-state index in [1.807, 2.05) is 0 Å². The van der Waals surface area contributed by atoms with Crippen LogP contribution in [0.15, 0.2) is 18.2 Å². The normalized spacial score (nSPS) is 15.5. The van der Waals surface area contributed by atoms with Gasteiger partial charge in [-0.1, -0.05) is 50.0 Å². The van der Waals surface area contributed by atoms with Gasteiger partial charge in [-0.15, -0.1) is 0 Å². The summed E-state index contributed by atoms with van der Waals surface area (Å²) in [6, 6.07) is 4.93. The lowest BCUT2D eigenvalue weighted by Crippen LogP contribution is -2.41. The van der Waals surface area contributed by atoms with Crippen LogP contribution in [0.5, 0.6) is 0 Å². The second kappa shape index (κ2) is 7.85. The van der Waals surface area contributed by atoms with E-state index < -0.39 is 13.9 Å². The van der Waals surface area contributed by atoms with Crippen molar-refractivity contribution < 1.29 is 14.6 Å². The molecule has 1 rings (SSSR count). The zero-order valence-corrected chi connectivity index (χ0v) is 17.1. The van der Waals surface area contributed by atoms with Crippen molar-refractivity contribution in [2.24, 2.45) is 0 Å². The molecule has 0 heterocycles. The van der Waals surface area contributed by atoms with Crippen LogP contribution < -0.4 is 0 Å². The molecule has 0 aliphatic heterocycles. The SMILES string of the molecule is CC(C)(C)[Si](C)(C)OCCCC(O)(CO)c1ccc(Cl)c(Cl)c1. The Morgan fingerprint density at radius 1 is 1.13 bits per heavy atom. The van der Waals surface area contributed by atoms with Gasteiger partial charge in [0.15, 0.2) is 8.32 Å². The predicted molar refractivity (Wildman–Crippen MR) is 99.8 cm³/mol. The Balaban J connectivity index is 2.68.